The van der Waals surface area contributed by atoms with Crippen LogP contribution in [0.25, 0.3) is 11.0 Å². The number of nitrogens with zero attached hydrogens (tertiary/aromatic N) is 2. The number of nitriles is 1. The predicted octanol–water partition coefficient (Wildman–Crippen LogP) is 2.64. The van der Waals surface area contributed by atoms with Gasteiger partial charge in [0.2, 0.25) is 5.55 Å². The van der Waals surface area contributed by atoms with E-state index >= 15 is 0 Å². The van der Waals surface area contributed by atoms with Gasteiger partial charge in [0.1, 0.15) is 11.1 Å². The lowest BCUT2D eigenvalue weighted by Crippen LogP contribution is -2.21. The highest BCUT2D eigenvalue weighted by Crippen LogP contribution is 2.15. The van der Waals surface area contributed by atoms with Crippen LogP contribution >= 0.6 is 0 Å². The Kier molecular flexibility index (Phi) is 3.42. The van der Waals surface area contributed by atoms with E-state index in [1.54, 1.807) is 36.4 Å². The van der Waals surface area contributed by atoms with Gasteiger partial charge in [-0.1, -0.05) is 24.3 Å². The lowest BCUT2D eigenvalue weighted by molar-refractivity contribution is 0.0996. The summed E-state index contributed by atoms with van der Waals surface area (Å²) in [4.78, 5) is 15.9. The molecular weight excluding hydrogens is 278 g/mol. The van der Waals surface area contributed by atoms with E-state index in [2.05, 4.69) is 4.99 Å². The molecule has 3 rings (SSSR count). The molecule has 0 radical (unpaired) electrons. The number of carbonyl (C=O) groups excluding carboxylic acids is 1. The van der Waals surface area contributed by atoms with E-state index in [1.165, 1.54) is 0 Å². The molecule has 0 aliphatic carbocycles. The maximum absolute atomic E-state index is 11.6. The molecule has 5 heteroatoms. The second kappa shape index (κ2) is 5.54. The number of nitrogens with two attached hydrogens (primary N) is 1. The zero-order valence-corrected chi connectivity index (χ0v) is 11.5. The van der Waals surface area contributed by atoms with E-state index in [1.807, 2.05) is 24.3 Å². The van der Waals surface area contributed by atoms with Gasteiger partial charge in [-0.15, -0.1) is 0 Å². The average Bonchev–Trinajstić information content (AvgIpc) is 2.54. The first-order chi connectivity index (χ1) is 10.7. The number of hydrogen-bond donors (Lipinski definition) is 1. The highest BCUT2D eigenvalue weighted by Gasteiger charge is 2.09. The molecule has 0 unspecified atom stereocenters. The van der Waals surface area contributed by atoms with E-state index < -0.39 is 5.91 Å². The summed E-state index contributed by atoms with van der Waals surface area (Å²) in [6, 6.07) is 17.7. The number of hydrogen-bond acceptors (Lipinski definition) is 4. The van der Waals surface area contributed by atoms with Crippen LogP contribution in [0.15, 0.2) is 64.0 Å². The molecule has 0 aliphatic heterocycles. The van der Waals surface area contributed by atoms with Gasteiger partial charge in [-0.05, 0) is 30.3 Å². The lowest BCUT2D eigenvalue weighted by Gasteiger charge is -2.01. The van der Waals surface area contributed by atoms with Crippen LogP contribution in [0.5, 0.6) is 0 Å². The van der Waals surface area contributed by atoms with Gasteiger partial charge in [-0.25, -0.2) is 4.99 Å². The maximum Gasteiger partial charge on any atom is 0.254 e. The number of carbonyl (C=O) groups is 1. The SMILES string of the molecule is N#Cc1cccc(N=c2oc3ccccc3cc2C(N)=O)c1. The van der Waals surface area contributed by atoms with Crippen LogP contribution in [0.4, 0.5) is 5.69 Å². The van der Waals surface area contributed by atoms with E-state index in [0.717, 1.165) is 5.39 Å². The van der Waals surface area contributed by atoms with Crippen molar-refractivity contribution in [3.63, 3.8) is 0 Å². The molecule has 106 valence electrons. The fourth-order valence-electron chi connectivity index (χ4n) is 2.09. The first kappa shape index (κ1) is 13.6. The van der Waals surface area contributed by atoms with Crippen LogP contribution in [-0.2, 0) is 0 Å². The minimum atomic E-state index is -0.621. The van der Waals surface area contributed by atoms with E-state index in [-0.39, 0.29) is 11.1 Å². The minimum absolute atomic E-state index is 0.126. The van der Waals surface area contributed by atoms with Gasteiger partial charge in [0.25, 0.3) is 5.91 Å². The molecule has 1 heterocycles. The number of fused-ring (bicyclic) bond motifs is 1. The fourth-order valence-corrected chi connectivity index (χ4v) is 2.09. The first-order valence-corrected chi connectivity index (χ1v) is 6.55. The van der Waals surface area contributed by atoms with E-state index in [0.29, 0.717) is 16.8 Å². The Bertz CT molecular complexity index is 981. The van der Waals surface area contributed by atoms with Crippen molar-refractivity contribution in [1.29, 1.82) is 5.26 Å². The first-order valence-electron chi connectivity index (χ1n) is 6.55. The average molecular weight is 289 g/mol. The summed E-state index contributed by atoms with van der Waals surface area (Å²) >= 11 is 0. The summed E-state index contributed by atoms with van der Waals surface area (Å²) in [5.41, 5.74) is 7.31. The summed E-state index contributed by atoms with van der Waals surface area (Å²) in [5, 5.41) is 9.69. The third kappa shape index (κ3) is 2.58. The summed E-state index contributed by atoms with van der Waals surface area (Å²) in [6.45, 7) is 0. The van der Waals surface area contributed by atoms with Crippen molar-refractivity contribution in [3.05, 3.63) is 71.3 Å². The van der Waals surface area contributed by atoms with Gasteiger partial charge in [-0.3, -0.25) is 4.79 Å². The van der Waals surface area contributed by atoms with Crippen LogP contribution in [0, 0.1) is 11.3 Å². The van der Waals surface area contributed by atoms with Gasteiger partial charge >= 0.3 is 0 Å². The molecule has 0 aliphatic rings. The highest BCUT2D eigenvalue weighted by molar-refractivity contribution is 5.95. The standard InChI is InChI=1S/C17H11N3O2/c18-10-11-4-3-6-13(8-11)20-17-14(16(19)21)9-12-5-1-2-7-15(12)22-17/h1-9H,(H2,19,21). The third-order valence-electron chi connectivity index (χ3n) is 3.13. The van der Waals surface area contributed by atoms with Gasteiger partial charge < -0.3 is 10.2 Å². The second-order valence-corrected chi connectivity index (χ2v) is 4.64. The molecule has 0 spiro atoms. The molecule has 0 saturated carbocycles. The van der Waals surface area contributed by atoms with E-state index in [9.17, 15) is 4.79 Å². The van der Waals surface area contributed by atoms with Gasteiger partial charge in [0, 0.05) is 5.39 Å². The fraction of sp³-hybridized carbons (Fsp3) is 0. The summed E-state index contributed by atoms with van der Waals surface area (Å²) in [6.07, 6.45) is 0. The van der Waals surface area contributed by atoms with Crippen molar-refractivity contribution in [1.82, 2.24) is 0 Å². The molecular formula is C17H11N3O2. The molecule has 2 aromatic carbocycles. The number of rotatable bonds is 2. The van der Waals surface area contributed by atoms with Crippen LogP contribution in [-0.4, -0.2) is 5.91 Å². The van der Waals surface area contributed by atoms with Crippen LogP contribution < -0.4 is 11.3 Å². The van der Waals surface area contributed by atoms with Gasteiger partial charge in [0.15, 0.2) is 0 Å². The Morgan fingerprint density at radius 2 is 1.95 bits per heavy atom. The Hall–Kier alpha value is -3.39. The molecule has 3 aromatic rings. The number of para-hydroxylation sites is 1. The molecule has 2 N–H and O–H groups in total. The molecule has 0 fully saturated rings. The minimum Gasteiger partial charge on any atom is -0.438 e. The normalized spacial score (nSPS) is 11.3. The molecule has 0 bridgehead atoms. The third-order valence-corrected chi connectivity index (χ3v) is 3.13. The lowest BCUT2D eigenvalue weighted by atomic mass is 10.2. The highest BCUT2D eigenvalue weighted by atomic mass is 16.3. The van der Waals surface area contributed by atoms with Gasteiger partial charge in [0.05, 0.1) is 17.3 Å². The smallest absolute Gasteiger partial charge is 0.254 e. The Morgan fingerprint density at radius 3 is 2.73 bits per heavy atom. The Balaban J connectivity index is 2.28. The number of benzene rings is 2. The quantitative estimate of drug-likeness (QED) is 0.786. The predicted molar refractivity (Wildman–Crippen MR) is 81.1 cm³/mol. The monoisotopic (exact) mass is 289 g/mol. The summed E-state index contributed by atoms with van der Waals surface area (Å²) in [5.74, 6) is -0.621. The Morgan fingerprint density at radius 1 is 1.14 bits per heavy atom. The second-order valence-electron chi connectivity index (χ2n) is 4.64. The topological polar surface area (TPSA) is 92.4 Å². The Labute approximate surface area is 125 Å². The molecule has 1 aromatic heterocycles. The van der Waals surface area contributed by atoms with Crippen LogP contribution in [0.1, 0.15) is 15.9 Å². The molecule has 1 amide bonds. The zero-order valence-electron chi connectivity index (χ0n) is 11.5. The molecule has 5 nitrogen and oxygen atoms in total. The van der Waals surface area contributed by atoms with Crippen molar-refractivity contribution >= 4 is 22.6 Å². The van der Waals surface area contributed by atoms with Gasteiger partial charge in [-0.2, -0.15) is 5.26 Å². The van der Waals surface area contributed by atoms with E-state index in [4.69, 9.17) is 15.4 Å². The largest absolute Gasteiger partial charge is 0.438 e. The zero-order chi connectivity index (χ0) is 15.5. The van der Waals surface area contributed by atoms with Crippen molar-refractivity contribution in [3.8, 4) is 6.07 Å². The summed E-state index contributed by atoms with van der Waals surface area (Å²) in [7, 11) is 0. The number of primary amides is 1. The number of amides is 1. The molecule has 0 atom stereocenters. The molecule has 22 heavy (non-hydrogen) atoms. The van der Waals surface area contributed by atoms with Crippen molar-refractivity contribution < 1.29 is 9.21 Å². The van der Waals surface area contributed by atoms with Crippen molar-refractivity contribution in [2.45, 2.75) is 0 Å². The molecule has 0 saturated heterocycles. The van der Waals surface area contributed by atoms with Crippen LogP contribution in [0.3, 0.4) is 0 Å². The maximum atomic E-state index is 11.6. The summed E-state index contributed by atoms with van der Waals surface area (Å²) < 4.78 is 5.68. The van der Waals surface area contributed by atoms with Crippen LogP contribution in [0.2, 0.25) is 0 Å². The van der Waals surface area contributed by atoms with Crippen molar-refractivity contribution in [2.24, 2.45) is 10.7 Å². The van der Waals surface area contributed by atoms with Crippen molar-refractivity contribution in [2.75, 3.05) is 0 Å².